The van der Waals surface area contributed by atoms with Gasteiger partial charge in [0.05, 0.1) is 5.02 Å². The van der Waals surface area contributed by atoms with E-state index < -0.39 is 0 Å². The summed E-state index contributed by atoms with van der Waals surface area (Å²) in [6, 6.07) is 2.47. The van der Waals surface area contributed by atoms with Gasteiger partial charge in [-0.05, 0) is 24.6 Å². The van der Waals surface area contributed by atoms with Crippen LogP contribution >= 0.6 is 23.4 Å². The van der Waals surface area contributed by atoms with Crippen molar-refractivity contribution in [2.45, 2.75) is 44.9 Å². The van der Waals surface area contributed by atoms with Gasteiger partial charge in [0.2, 0.25) is 0 Å². The number of nitrogens with one attached hydrogen (secondary N) is 1. The molecule has 1 aromatic rings. The van der Waals surface area contributed by atoms with Gasteiger partial charge < -0.3 is 5.32 Å². The lowest BCUT2D eigenvalue weighted by Gasteiger charge is -2.24. The molecule has 0 aromatic carbocycles. The van der Waals surface area contributed by atoms with E-state index in [-0.39, 0.29) is 0 Å². The van der Waals surface area contributed by atoms with E-state index in [0.29, 0.717) is 10.8 Å². The van der Waals surface area contributed by atoms with Crippen LogP contribution in [0.1, 0.15) is 33.3 Å². The van der Waals surface area contributed by atoms with Crippen LogP contribution in [0.15, 0.2) is 18.5 Å². The number of likely N-dealkylation sites (N-methyl/N-ethyl adjacent to an activating group) is 1. The van der Waals surface area contributed by atoms with Crippen molar-refractivity contribution in [2.24, 2.45) is 0 Å². The highest BCUT2D eigenvalue weighted by Gasteiger charge is 2.16. The first kappa shape index (κ1) is 15.8. The molecule has 0 amide bonds. The van der Waals surface area contributed by atoms with E-state index in [0.717, 1.165) is 23.7 Å². The highest BCUT2D eigenvalue weighted by molar-refractivity contribution is 8.00. The van der Waals surface area contributed by atoms with Gasteiger partial charge in [0.15, 0.2) is 0 Å². The van der Waals surface area contributed by atoms with Crippen LogP contribution in [0.5, 0.6) is 0 Å². The molecule has 0 bridgehead atoms. The highest BCUT2D eigenvalue weighted by atomic mass is 35.5. The molecule has 0 fully saturated rings. The van der Waals surface area contributed by atoms with Crippen LogP contribution in [0, 0.1) is 0 Å². The zero-order valence-electron chi connectivity index (χ0n) is 11.7. The maximum absolute atomic E-state index is 6.16. The van der Waals surface area contributed by atoms with Crippen LogP contribution in [-0.4, -0.2) is 28.1 Å². The molecular weight excluding hydrogens is 264 g/mol. The van der Waals surface area contributed by atoms with Gasteiger partial charge in [-0.25, -0.2) is 0 Å². The lowest BCUT2D eigenvalue weighted by molar-refractivity contribution is 0.570. The summed E-state index contributed by atoms with van der Waals surface area (Å²) in [6.07, 6.45) is 4.48. The molecule has 1 unspecified atom stereocenters. The van der Waals surface area contributed by atoms with E-state index in [4.69, 9.17) is 11.6 Å². The van der Waals surface area contributed by atoms with Gasteiger partial charge in [-0.3, -0.25) is 4.98 Å². The standard InChI is InChI=1S/C14H23ClN2S/c1-5-17-12(10-18-14(2,3)4)8-11-6-7-16-9-13(11)15/h6-7,9,12,17H,5,8,10H2,1-4H3. The van der Waals surface area contributed by atoms with Gasteiger partial charge in [0, 0.05) is 28.9 Å². The fourth-order valence-electron chi connectivity index (χ4n) is 1.66. The number of pyridine rings is 1. The molecule has 4 heteroatoms. The van der Waals surface area contributed by atoms with Crippen molar-refractivity contribution in [3.05, 3.63) is 29.0 Å². The second-order valence-corrected chi connectivity index (χ2v) is 7.60. The van der Waals surface area contributed by atoms with Crippen molar-refractivity contribution >= 4 is 23.4 Å². The van der Waals surface area contributed by atoms with Gasteiger partial charge in [-0.2, -0.15) is 11.8 Å². The number of thioether (sulfide) groups is 1. The van der Waals surface area contributed by atoms with Crippen molar-refractivity contribution < 1.29 is 0 Å². The van der Waals surface area contributed by atoms with Crippen LogP contribution in [0.25, 0.3) is 0 Å². The van der Waals surface area contributed by atoms with Crippen molar-refractivity contribution in [3.63, 3.8) is 0 Å². The molecule has 102 valence electrons. The first-order valence-corrected chi connectivity index (χ1v) is 7.74. The number of hydrogen-bond acceptors (Lipinski definition) is 3. The third kappa shape index (κ3) is 6.07. The molecule has 0 radical (unpaired) electrons. The van der Waals surface area contributed by atoms with Crippen LogP contribution in [-0.2, 0) is 6.42 Å². The second kappa shape index (κ2) is 7.37. The Labute approximate surface area is 120 Å². The summed E-state index contributed by atoms with van der Waals surface area (Å²) in [4.78, 5) is 4.03. The Balaban J connectivity index is 2.60. The van der Waals surface area contributed by atoms with Crippen LogP contribution < -0.4 is 5.32 Å². The zero-order chi connectivity index (χ0) is 13.6. The van der Waals surface area contributed by atoms with E-state index in [9.17, 15) is 0 Å². The van der Waals surface area contributed by atoms with Crippen molar-refractivity contribution in [2.75, 3.05) is 12.3 Å². The Morgan fingerprint density at radius 3 is 2.72 bits per heavy atom. The second-order valence-electron chi connectivity index (χ2n) is 5.35. The maximum atomic E-state index is 6.16. The number of halogens is 1. The minimum Gasteiger partial charge on any atom is -0.313 e. The first-order chi connectivity index (χ1) is 8.42. The molecule has 0 saturated heterocycles. The largest absolute Gasteiger partial charge is 0.313 e. The number of nitrogens with zero attached hydrogens (tertiary/aromatic N) is 1. The smallest absolute Gasteiger partial charge is 0.0621 e. The lowest BCUT2D eigenvalue weighted by atomic mass is 10.1. The molecule has 1 heterocycles. The summed E-state index contributed by atoms with van der Waals surface area (Å²) in [6.45, 7) is 9.88. The van der Waals surface area contributed by atoms with Gasteiger partial charge in [0.25, 0.3) is 0 Å². The van der Waals surface area contributed by atoms with E-state index in [1.165, 1.54) is 5.56 Å². The molecule has 18 heavy (non-hydrogen) atoms. The molecule has 1 aromatic heterocycles. The predicted molar refractivity (Wildman–Crippen MR) is 82.6 cm³/mol. The number of rotatable bonds is 6. The highest BCUT2D eigenvalue weighted by Crippen LogP contribution is 2.25. The molecule has 1 rings (SSSR count). The summed E-state index contributed by atoms with van der Waals surface area (Å²) in [7, 11) is 0. The van der Waals surface area contributed by atoms with E-state index in [2.05, 4.69) is 38.0 Å². The van der Waals surface area contributed by atoms with Crippen LogP contribution in [0.4, 0.5) is 0 Å². The average molecular weight is 287 g/mol. The molecule has 0 spiro atoms. The van der Waals surface area contributed by atoms with Gasteiger partial charge in [-0.1, -0.05) is 39.3 Å². The lowest BCUT2D eigenvalue weighted by Crippen LogP contribution is -2.34. The van der Waals surface area contributed by atoms with E-state index in [1.807, 2.05) is 17.8 Å². The zero-order valence-corrected chi connectivity index (χ0v) is 13.2. The maximum Gasteiger partial charge on any atom is 0.0621 e. The summed E-state index contributed by atoms with van der Waals surface area (Å²) in [5.74, 6) is 1.09. The molecule has 2 nitrogen and oxygen atoms in total. The molecule has 0 aliphatic heterocycles. The number of aromatic nitrogens is 1. The van der Waals surface area contributed by atoms with E-state index in [1.54, 1.807) is 12.4 Å². The normalized spacial score (nSPS) is 13.6. The topological polar surface area (TPSA) is 24.9 Å². The monoisotopic (exact) mass is 286 g/mol. The minimum atomic E-state index is 0.301. The predicted octanol–water partition coefficient (Wildman–Crippen LogP) is 3.79. The Kier molecular flexibility index (Phi) is 6.47. The quantitative estimate of drug-likeness (QED) is 0.861. The molecule has 1 atom stereocenters. The van der Waals surface area contributed by atoms with Crippen molar-refractivity contribution in [1.29, 1.82) is 0 Å². The summed E-state index contributed by atoms with van der Waals surface area (Å²) >= 11 is 8.15. The third-order valence-corrected chi connectivity index (χ3v) is 4.31. The molecule has 0 aliphatic carbocycles. The van der Waals surface area contributed by atoms with Gasteiger partial charge >= 0.3 is 0 Å². The fraction of sp³-hybridized carbons (Fsp3) is 0.643. The van der Waals surface area contributed by atoms with Gasteiger partial charge in [-0.15, -0.1) is 0 Å². The molecule has 0 saturated carbocycles. The Morgan fingerprint density at radius 2 is 2.17 bits per heavy atom. The van der Waals surface area contributed by atoms with Crippen LogP contribution in [0.2, 0.25) is 5.02 Å². The minimum absolute atomic E-state index is 0.301. The Morgan fingerprint density at radius 1 is 1.44 bits per heavy atom. The third-order valence-electron chi connectivity index (χ3n) is 2.53. The molecule has 1 N–H and O–H groups in total. The van der Waals surface area contributed by atoms with Gasteiger partial charge in [0.1, 0.15) is 0 Å². The van der Waals surface area contributed by atoms with Crippen molar-refractivity contribution in [3.8, 4) is 0 Å². The fourth-order valence-corrected chi connectivity index (χ4v) is 2.80. The van der Waals surface area contributed by atoms with E-state index >= 15 is 0 Å². The Hall–Kier alpha value is -0.250. The summed E-state index contributed by atoms with van der Waals surface area (Å²) in [5, 5.41) is 4.30. The molecule has 0 aliphatic rings. The van der Waals surface area contributed by atoms with Crippen LogP contribution in [0.3, 0.4) is 0 Å². The summed E-state index contributed by atoms with van der Waals surface area (Å²) < 4.78 is 0.301. The SMILES string of the molecule is CCNC(CSC(C)(C)C)Cc1ccncc1Cl. The summed E-state index contributed by atoms with van der Waals surface area (Å²) in [5.41, 5.74) is 1.17. The number of hydrogen-bond donors (Lipinski definition) is 1. The average Bonchev–Trinajstić information content (AvgIpc) is 2.28. The molecular formula is C14H23ClN2S. The Bertz CT molecular complexity index is 363. The first-order valence-electron chi connectivity index (χ1n) is 6.38. The van der Waals surface area contributed by atoms with Crippen molar-refractivity contribution in [1.82, 2.24) is 10.3 Å².